The van der Waals surface area contributed by atoms with Gasteiger partial charge in [-0.05, 0) is 0 Å². The van der Waals surface area contributed by atoms with Crippen molar-refractivity contribution in [2.75, 3.05) is 0 Å². The molecular formula is C15H13NSe. The Labute approximate surface area is 107 Å². The van der Waals surface area contributed by atoms with E-state index in [1.807, 2.05) is 0 Å². The van der Waals surface area contributed by atoms with E-state index in [0.717, 1.165) is 6.42 Å². The summed E-state index contributed by atoms with van der Waals surface area (Å²) in [5, 5.41) is 0. The minimum atomic E-state index is 0.414. The summed E-state index contributed by atoms with van der Waals surface area (Å²) in [7, 11) is 0. The summed E-state index contributed by atoms with van der Waals surface area (Å²) in [6, 6.07) is 17.2. The third kappa shape index (κ3) is 2.33. The maximum absolute atomic E-state index is 4.73. The first-order valence-corrected chi connectivity index (χ1v) is 7.42. The van der Waals surface area contributed by atoms with Crippen molar-refractivity contribution in [1.29, 1.82) is 0 Å². The van der Waals surface area contributed by atoms with Gasteiger partial charge < -0.3 is 0 Å². The number of benzene rings is 2. The second-order valence-electron chi connectivity index (χ2n) is 4.24. The van der Waals surface area contributed by atoms with Crippen LogP contribution in [-0.2, 0) is 6.42 Å². The summed E-state index contributed by atoms with van der Waals surface area (Å²) in [4.78, 5) is 4.73. The van der Waals surface area contributed by atoms with Gasteiger partial charge in [-0.1, -0.05) is 0 Å². The molecule has 1 heterocycles. The fraction of sp³-hybridized carbons (Fsp3) is 0.133. The summed E-state index contributed by atoms with van der Waals surface area (Å²) in [6.45, 7) is 2.14. The molecule has 2 aromatic carbocycles. The average Bonchev–Trinajstić information content (AvgIpc) is 2.71. The van der Waals surface area contributed by atoms with E-state index >= 15 is 0 Å². The predicted molar refractivity (Wildman–Crippen MR) is 72.7 cm³/mol. The first-order chi connectivity index (χ1) is 8.31. The second-order valence-corrected chi connectivity index (χ2v) is 6.58. The molecule has 2 heteroatoms. The summed E-state index contributed by atoms with van der Waals surface area (Å²) in [5.41, 5.74) is 3.88. The van der Waals surface area contributed by atoms with Crippen LogP contribution in [0.25, 0.3) is 9.78 Å². The van der Waals surface area contributed by atoms with Gasteiger partial charge in [-0.2, -0.15) is 0 Å². The Bertz CT molecular complexity index is 640. The molecule has 0 atom stereocenters. The van der Waals surface area contributed by atoms with Crippen LogP contribution in [0.1, 0.15) is 15.7 Å². The molecule has 0 saturated heterocycles. The fourth-order valence-electron chi connectivity index (χ4n) is 1.93. The van der Waals surface area contributed by atoms with Gasteiger partial charge in [0, 0.05) is 0 Å². The molecule has 0 amide bonds. The summed E-state index contributed by atoms with van der Waals surface area (Å²) >= 11 is 0.414. The maximum atomic E-state index is 4.73. The van der Waals surface area contributed by atoms with Gasteiger partial charge >= 0.3 is 107 Å². The number of aryl methyl sites for hydroxylation is 1. The Morgan fingerprint density at radius 1 is 1.06 bits per heavy atom. The van der Waals surface area contributed by atoms with E-state index in [0.29, 0.717) is 14.5 Å². The normalized spacial score (nSPS) is 10.9. The van der Waals surface area contributed by atoms with Gasteiger partial charge in [-0.25, -0.2) is 0 Å². The zero-order valence-corrected chi connectivity index (χ0v) is 11.4. The van der Waals surface area contributed by atoms with Gasteiger partial charge in [0.1, 0.15) is 0 Å². The van der Waals surface area contributed by atoms with Crippen molar-refractivity contribution >= 4 is 24.3 Å². The number of rotatable bonds is 2. The van der Waals surface area contributed by atoms with Gasteiger partial charge in [0.25, 0.3) is 0 Å². The van der Waals surface area contributed by atoms with Crippen molar-refractivity contribution in [3.63, 3.8) is 0 Å². The molecule has 84 valence electrons. The standard InChI is InChI=1S/C15H13NSe/c1-11-7-8-13-14(9-11)17-15(16-13)10-12-5-3-2-4-6-12/h2-9H,10H2,1H3. The van der Waals surface area contributed by atoms with Crippen LogP contribution in [-0.4, -0.2) is 19.5 Å². The van der Waals surface area contributed by atoms with Crippen LogP contribution < -0.4 is 0 Å². The number of fused-ring (bicyclic) bond motifs is 1. The summed E-state index contributed by atoms with van der Waals surface area (Å²) < 4.78 is 2.77. The molecule has 0 spiro atoms. The molecule has 17 heavy (non-hydrogen) atoms. The molecule has 1 nitrogen and oxygen atoms in total. The molecule has 0 unspecified atom stereocenters. The predicted octanol–water partition coefficient (Wildman–Crippen LogP) is 3.19. The molecule has 0 aliphatic carbocycles. The molecule has 1 aromatic heterocycles. The second kappa shape index (κ2) is 4.48. The minimum absolute atomic E-state index is 0.414. The Hall–Kier alpha value is -1.37. The van der Waals surface area contributed by atoms with Gasteiger partial charge in [-0.15, -0.1) is 0 Å². The topological polar surface area (TPSA) is 12.9 Å². The van der Waals surface area contributed by atoms with Crippen molar-refractivity contribution in [1.82, 2.24) is 4.98 Å². The molecule has 0 saturated carbocycles. The SMILES string of the molecule is Cc1ccc2nc(Cc3ccccc3)[se]c2c1. The van der Waals surface area contributed by atoms with Crippen LogP contribution in [0.2, 0.25) is 0 Å². The van der Waals surface area contributed by atoms with E-state index < -0.39 is 0 Å². The number of hydrogen-bond acceptors (Lipinski definition) is 1. The molecule has 0 N–H and O–H groups in total. The molecule has 0 radical (unpaired) electrons. The zero-order chi connectivity index (χ0) is 11.7. The van der Waals surface area contributed by atoms with Crippen LogP contribution in [0.15, 0.2) is 48.5 Å². The van der Waals surface area contributed by atoms with E-state index in [-0.39, 0.29) is 0 Å². The third-order valence-corrected chi connectivity index (χ3v) is 4.92. The number of aromatic nitrogens is 1. The molecule has 0 aliphatic rings. The molecule has 0 fully saturated rings. The average molecular weight is 286 g/mol. The van der Waals surface area contributed by atoms with E-state index in [9.17, 15) is 0 Å². The van der Waals surface area contributed by atoms with Crippen molar-refractivity contribution in [2.45, 2.75) is 13.3 Å². The number of nitrogens with zero attached hydrogens (tertiary/aromatic N) is 1. The van der Waals surface area contributed by atoms with Crippen molar-refractivity contribution in [3.05, 3.63) is 64.2 Å². The van der Waals surface area contributed by atoms with Crippen molar-refractivity contribution in [2.24, 2.45) is 0 Å². The Kier molecular flexibility index (Phi) is 2.84. The fourth-order valence-corrected chi connectivity index (χ4v) is 4.23. The molecule has 0 aliphatic heterocycles. The Balaban J connectivity index is 1.96. The third-order valence-electron chi connectivity index (χ3n) is 2.79. The molecule has 3 aromatic rings. The summed E-state index contributed by atoms with van der Waals surface area (Å²) in [6.07, 6.45) is 0.995. The van der Waals surface area contributed by atoms with Crippen molar-refractivity contribution in [3.8, 4) is 0 Å². The number of hydrogen-bond donors (Lipinski definition) is 0. The van der Waals surface area contributed by atoms with Crippen LogP contribution >= 0.6 is 0 Å². The van der Waals surface area contributed by atoms with Crippen LogP contribution in [0.5, 0.6) is 0 Å². The Morgan fingerprint density at radius 3 is 2.71 bits per heavy atom. The Morgan fingerprint density at radius 2 is 1.88 bits per heavy atom. The zero-order valence-electron chi connectivity index (χ0n) is 9.68. The van der Waals surface area contributed by atoms with E-state index in [1.165, 1.54) is 25.5 Å². The van der Waals surface area contributed by atoms with Crippen LogP contribution in [0.3, 0.4) is 0 Å². The first-order valence-electron chi connectivity index (χ1n) is 5.71. The molecule has 0 bridgehead atoms. The van der Waals surface area contributed by atoms with Gasteiger partial charge in [0.2, 0.25) is 0 Å². The van der Waals surface area contributed by atoms with Crippen LogP contribution in [0.4, 0.5) is 0 Å². The quantitative estimate of drug-likeness (QED) is 0.659. The summed E-state index contributed by atoms with van der Waals surface area (Å²) in [5.74, 6) is 0. The van der Waals surface area contributed by atoms with Crippen LogP contribution in [0, 0.1) is 6.92 Å². The molecular weight excluding hydrogens is 273 g/mol. The monoisotopic (exact) mass is 287 g/mol. The van der Waals surface area contributed by atoms with E-state index in [1.54, 1.807) is 0 Å². The molecule has 3 rings (SSSR count). The van der Waals surface area contributed by atoms with E-state index in [2.05, 4.69) is 55.5 Å². The first kappa shape index (κ1) is 10.8. The van der Waals surface area contributed by atoms with Crippen molar-refractivity contribution < 1.29 is 0 Å². The van der Waals surface area contributed by atoms with E-state index in [4.69, 9.17) is 4.98 Å². The van der Waals surface area contributed by atoms with Gasteiger partial charge in [0.05, 0.1) is 0 Å². The van der Waals surface area contributed by atoms with Gasteiger partial charge in [0.15, 0.2) is 0 Å². The van der Waals surface area contributed by atoms with Gasteiger partial charge in [-0.3, -0.25) is 0 Å².